The predicted molar refractivity (Wildman–Crippen MR) is 82.9 cm³/mol. The first kappa shape index (κ1) is 12.7. The first-order valence-electron chi connectivity index (χ1n) is 6.76. The van der Waals surface area contributed by atoms with Crippen molar-refractivity contribution in [3.63, 3.8) is 0 Å². The molecule has 2 aromatic rings. The van der Waals surface area contributed by atoms with Gasteiger partial charge in [-0.1, -0.05) is 72.8 Å². The second-order valence-electron chi connectivity index (χ2n) is 5.19. The van der Waals surface area contributed by atoms with E-state index in [2.05, 4.69) is 24.3 Å². The SMILES string of the molecule is NC1=CC(c2ccccc2)C(N)(c2ccccc2)C=C1. The molecule has 0 saturated heterocycles. The van der Waals surface area contributed by atoms with Crippen molar-refractivity contribution >= 4 is 0 Å². The third-order valence-electron chi connectivity index (χ3n) is 3.86. The van der Waals surface area contributed by atoms with Crippen LogP contribution in [0.3, 0.4) is 0 Å². The van der Waals surface area contributed by atoms with Crippen molar-refractivity contribution in [2.45, 2.75) is 11.5 Å². The van der Waals surface area contributed by atoms with Crippen LogP contribution in [0, 0.1) is 0 Å². The van der Waals surface area contributed by atoms with E-state index in [0.29, 0.717) is 0 Å². The van der Waals surface area contributed by atoms with Gasteiger partial charge in [0.25, 0.3) is 0 Å². The van der Waals surface area contributed by atoms with Gasteiger partial charge < -0.3 is 11.5 Å². The van der Waals surface area contributed by atoms with Crippen molar-refractivity contribution in [1.29, 1.82) is 0 Å². The molecule has 0 amide bonds. The first-order valence-corrected chi connectivity index (χ1v) is 6.76. The Bertz CT molecular complexity index is 644. The molecule has 0 spiro atoms. The Balaban J connectivity index is 2.12. The molecule has 2 aromatic carbocycles. The third-order valence-corrected chi connectivity index (χ3v) is 3.86. The second kappa shape index (κ2) is 4.99. The van der Waals surface area contributed by atoms with E-state index in [1.54, 1.807) is 0 Å². The Morgan fingerprint density at radius 3 is 2.10 bits per heavy atom. The van der Waals surface area contributed by atoms with Gasteiger partial charge in [-0.05, 0) is 17.2 Å². The highest BCUT2D eigenvalue weighted by atomic mass is 14.8. The van der Waals surface area contributed by atoms with Crippen molar-refractivity contribution in [2.75, 3.05) is 0 Å². The summed E-state index contributed by atoms with van der Waals surface area (Å²) in [7, 11) is 0. The Labute approximate surface area is 119 Å². The van der Waals surface area contributed by atoms with Crippen LogP contribution in [0.15, 0.2) is 84.6 Å². The van der Waals surface area contributed by atoms with Crippen LogP contribution in [0.4, 0.5) is 0 Å². The van der Waals surface area contributed by atoms with Gasteiger partial charge >= 0.3 is 0 Å². The summed E-state index contributed by atoms with van der Waals surface area (Å²) in [5.74, 6) is 0.0381. The van der Waals surface area contributed by atoms with Crippen LogP contribution < -0.4 is 11.5 Å². The zero-order valence-corrected chi connectivity index (χ0v) is 11.2. The van der Waals surface area contributed by atoms with E-state index >= 15 is 0 Å². The Morgan fingerprint density at radius 2 is 1.45 bits per heavy atom. The summed E-state index contributed by atoms with van der Waals surface area (Å²) in [6.45, 7) is 0. The molecule has 3 rings (SSSR count). The van der Waals surface area contributed by atoms with Crippen LogP contribution >= 0.6 is 0 Å². The molecule has 0 aromatic heterocycles. The van der Waals surface area contributed by atoms with Crippen molar-refractivity contribution in [3.8, 4) is 0 Å². The van der Waals surface area contributed by atoms with Crippen LogP contribution in [0.5, 0.6) is 0 Å². The monoisotopic (exact) mass is 262 g/mol. The van der Waals surface area contributed by atoms with Gasteiger partial charge in [0.05, 0.1) is 5.54 Å². The summed E-state index contributed by atoms with van der Waals surface area (Å²) >= 11 is 0. The van der Waals surface area contributed by atoms with E-state index in [1.807, 2.05) is 54.6 Å². The molecule has 1 aliphatic carbocycles. The molecular formula is C18H18N2. The summed E-state index contributed by atoms with van der Waals surface area (Å²) in [4.78, 5) is 0. The minimum Gasteiger partial charge on any atom is -0.399 e. The second-order valence-corrected chi connectivity index (χ2v) is 5.19. The van der Waals surface area contributed by atoms with Crippen LogP contribution in [-0.4, -0.2) is 0 Å². The molecule has 0 heterocycles. The Morgan fingerprint density at radius 1 is 0.850 bits per heavy atom. The molecule has 0 radical (unpaired) electrons. The zero-order chi connectivity index (χ0) is 14.0. The number of rotatable bonds is 2. The molecule has 4 N–H and O–H groups in total. The zero-order valence-electron chi connectivity index (χ0n) is 11.2. The fourth-order valence-corrected chi connectivity index (χ4v) is 2.76. The predicted octanol–water partition coefficient (Wildman–Crippen LogP) is 3.04. The molecule has 0 saturated carbocycles. The maximum Gasteiger partial charge on any atom is 0.0704 e. The average Bonchev–Trinajstić information content (AvgIpc) is 2.51. The van der Waals surface area contributed by atoms with Crippen molar-refractivity contribution in [1.82, 2.24) is 0 Å². The van der Waals surface area contributed by atoms with E-state index in [0.717, 1.165) is 11.3 Å². The van der Waals surface area contributed by atoms with Crippen molar-refractivity contribution in [3.05, 3.63) is 95.7 Å². The number of benzene rings is 2. The fraction of sp³-hybridized carbons (Fsp3) is 0.111. The van der Waals surface area contributed by atoms with Crippen molar-refractivity contribution < 1.29 is 0 Å². The highest BCUT2D eigenvalue weighted by molar-refractivity contribution is 5.45. The van der Waals surface area contributed by atoms with Crippen LogP contribution in [-0.2, 0) is 5.54 Å². The summed E-state index contributed by atoms with van der Waals surface area (Å²) in [6.07, 6.45) is 5.95. The van der Waals surface area contributed by atoms with Crippen LogP contribution in [0.2, 0.25) is 0 Å². The van der Waals surface area contributed by atoms with Gasteiger partial charge in [0.2, 0.25) is 0 Å². The molecule has 2 atom stereocenters. The minimum atomic E-state index is -0.564. The minimum absolute atomic E-state index is 0.0381. The molecule has 0 aliphatic heterocycles. The van der Waals surface area contributed by atoms with Crippen molar-refractivity contribution in [2.24, 2.45) is 11.5 Å². The van der Waals surface area contributed by atoms with Gasteiger partial charge in [-0.15, -0.1) is 0 Å². The largest absolute Gasteiger partial charge is 0.399 e. The smallest absolute Gasteiger partial charge is 0.0704 e. The normalized spacial score (nSPS) is 25.2. The number of hydrogen-bond donors (Lipinski definition) is 2. The van der Waals surface area contributed by atoms with Gasteiger partial charge in [0.1, 0.15) is 0 Å². The van der Waals surface area contributed by atoms with Crippen LogP contribution in [0.25, 0.3) is 0 Å². The standard InChI is InChI=1S/C18H18N2/c19-16-11-12-18(20,15-9-5-2-6-10-15)17(13-16)14-7-3-1-4-8-14/h1-13,17H,19-20H2. The van der Waals surface area contributed by atoms with E-state index < -0.39 is 5.54 Å². The van der Waals surface area contributed by atoms with Gasteiger partial charge in [-0.25, -0.2) is 0 Å². The summed E-state index contributed by atoms with van der Waals surface area (Å²) in [5.41, 5.74) is 15.2. The Hall–Kier alpha value is -2.32. The summed E-state index contributed by atoms with van der Waals surface area (Å²) in [6, 6.07) is 20.4. The maximum atomic E-state index is 6.73. The molecule has 2 unspecified atom stereocenters. The lowest BCUT2D eigenvalue weighted by Crippen LogP contribution is -2.42. The lowest BCUT2D eigenvalue weighted by molar-refractivity contribution is 0.493. The maximum absolute atomic E-state index is 6.73. The van der Waals surface area contributed by atoms with Gasteiger partial charge in [0.15, 0.2) is 0 Å². The molecule has 2 heteroatoms. The average molecular weight is 262 g/mol. The Kier molecular flexibility index (Phi) is 3.17. The molecule has 0 fully saturated rings. The number of nitrogens with two attached hydrogens (primary N) is 2. The highest BCUT2D eigenvalue weighted by Gasteiger charge is 2.35. The van der Waals surface area contributed by atoms with Crippen LogP contribution in [0.1, 0.15) is 17.0 Å². The lowest BCUT2D eigenvalue weighted by Gasteiger charge is -2.36. The molecule has 100 valence electrons. The number of hydrogen-bond acceptors (Lipinski definition) is 2. The van der Waals surface area contributed by atoms with Gasteiger partial charge in [-0.3, -0.25) is 0 Å². The lowest BCUT2D eigenvalue weighted by atomic mass is 9.72. The first-order chi connectivity index (χ1) is 9.70. The fourth-order valence-electron chi connectivity index (χ4n) is 2.76. The quantitative estimate of drug-likeness (QED) is 0.874. The topological polar surface area (TPSA) is 52.0 Å². The van der Waals surface area contributed by atoms with E-state index in [-0.39, 0.29) is 5.92 Å². The molecule has 0 bridgehead atoms. The van der Waals surface area contributed by atoms with E-state index in [4.69, 9.17) is 11.5 Å². The van der Waals surface area contributed by atoms with Gasteiger partial charge in [0, 0.05) is 11.6 Å². The highest BCUT2D eigenvalue weighted by Crippen LogP contribution is 2.39. The molecule has 2 nitrogen and oxygen atoms in total. The molecular weight excluding hydrogens is 244 g/mol. The molecule has 1 aliphatic rings. The van der Waals surface area contributed by atoms with Gasteiger partial charge in [-0.2, -0.15) is 0 Å². The third kappa shape index (κ3) is 2.15. The number of allylic oxidation sites excluding steroid dienone is 1. The summed E-state index contributed by atoms with van der Waals surface area (Å²) < 4.78 is 0. The van der Waals surface area contributed by atoms with E-state index in [1.165, 1.54) is 5.56 Å². The van der Waals surface area contributed by atoms with E-state index in [9.17, 15) is 0 Å². The summed E-state index contributed by atoms with van der Waals surface area (Å²) in [5, 5.41) is 0. The molecule has 20 heavy (non-hydrogen) atoms.